The summed E-state index contributed by atoms with van der Waals surface area (Å²) >= 11 is 9.69. The molecular formula is C13H15NOS2. The number of ether oxygens (including phenoxy) is 1. The van der Waals surface area contributed by atoms with E-state index in [4.69, 9.17) is 17.0 Å². The lowest BCUT2D eigenvalue weighted by Gasteiger charge is -2.35. The Morgan fingerprint density at radius 2 is 2.12 bits per heavy atom. The molecule has 0 atom stereocenters. The molecule has 0 saturated carbocycles. The van der Waals surface area contributed by atoms with Gasteiger partial charge in [-0.25, -0.2) is 0 Å². The third kappa shape index (κ3) is 2.07. The number of methoxy groups -OCH3 is 1. The fraction of sp³-hybridized carbons (Fsp3) is 0.308. The lowest BCUT2D eigenvalue weighted by atomic mass is 9.91. The van der Waals surface area contributed by atoms with Crippen LogP contribution in [0.5, 0.6) is 5.75 Å². The van der Waals surface area contributed by atoms with Crippen molar-refractivity contribution in [2.45, 2.75) is 19.4 Å². The molecule has 1 aliphatic heterocycles. The Bertz CT molecular complexity index is 506. The largest absolute Gasteiger partial charge is 0.497 e. The summed E-state index contributed by atoms with van der Waals surface area (Å²) in [5.41, 5.74) is 2.89. The smallest absolute Gasteiger partial charge is 0.119 e. The molecule has 0 bridgehead atoms. The van der Waals surface area contributed by atoms with E-state index in [9.17, 15) is 0 Å². The second-order valence-electron chi connectivity index (χ2n) is 4.54. The van der Waals surface area contributed by atoms with E-state index in [1.165, 1.54) is 0 Å². The van der Waals surface area contributed by atoms with Gasteiger partial charge in [-0.3, -0.25) is 0 Å². The average molecular weight is 265 g/mol. The van der Waals surface area contributed by atoms with Gasteiger partial charge in [-0.05, 0) is 32.0 Å². The summed E-state index contributed by atoms with van der Waals surface area (Å²) < 4.78 is 5.24. The molecule has 1 N–H and O–H groups in total. The van der Waals surface area contributed by atoms with Gasteiger partial charge < -0.3 is 10.1 Å². The minimum absolute atomic E-state index is 0.199. The van der Waals surface area contributed by atoms with Crippen molar-refractivity contribution in [3.05, 3.63) is 28.7 Å². The van der Waals surface area contributed by atoms with E-state index in [1.807, 2.05) is 18.2 Å². The summed E-state index contributed by atoms with van der Waals surface area (Å²) in [6.07, 6.45) is 0. The fourth-order valence-electron chi connectivity index (χ4n) is 1.96. The first-order valence-electron chi connectivity index (χ1n) is 5.35. The molecule has 0 aromatic heterocycles. The van der Waals surface area contributed by atoms with E-state index in [0.717, 1.165) is 27.5 Å². The number of rotatable bonds is 2. The summed E-state index contributed by atoms with van der Waals surface area (Å²) in [6.45, 7) is 4.17. The Labute approximate surface area is 112 Å². The molecule has 0 fully saturated rings. The zero-order chi connectivity index (χ0) is 12.6. The highest BCUT2D eigenvalue weighted by Gasteiger charge is 2.30. The highest BCUT2D eigenvalue weighted by molar-refractivity contribution is 7.85. The minimum atomic E-state index is -0.199. The van der Waals surface area contributed by atoms with E-state index < -0.39 is 0 Å². The predicted molar refractivity (Wildman–Crippen MR) is 80.3 cm³/mol. The van der Waals surface area contributed by atoms with Gasteiger partial charge in [-0.1, -0.05) is 12.2 Å². The second-order valence-corrected chi connectivity index (χ2v) is 5.22. The first kappa shape index (κ1) is 12.5. The molecule has 2 rings (SSSR count). The number of hydrogen-bond donors (Lipinski definition) is 2. The number of nitrogens with one attached hydrogen (secondary N) is 1. The van der Waals surface area contributed by atoms with Crippen molar-refractivity contribution in [2.24, 2.45) is 0 Å². The molecular weight excluding hydrogens is 250 g/mol. The topological polar surface area (TPSA) is 21.3 Å². The number of allylic oxidation sites excluding steroid dienone is 1. The quantitative estimate of drug-likeness (QED) is 0.631. The van der Waals surface area contributed by atoms with E-state index in [0.29, 0.717) is 0 Å². The highest BCUT2D eigenvalue weighted by Crippen LogP contribution is 2.41. The lowest BCUT2D eigenvalue weighted by Crippen LogP contribution is -2.35. The zero-order valence-electron chi connectivity index (χ0n) is 10.1. The number of anilines is 1. The summed E-state index contributed by atoms with van der Waals surface area (Å²) in [4.78, 5) is 0.952. The van der Waals surface area contributed by atoms with Crippen LogP contribution in [-0.4, -0.2) is 18.0 Å². The van der Waals surface area contributed by atoms with Crippen molar-refractivity contribution < 1.29 is 4.74 Å². The Morgan fingerprint density at radius 1 is 1.41 bits per heavy atom. The summed E-state index contributed by atoms with van der Waals surface area (Å²) in [7, 11) is 1.66. The first-order chi connectivity index (χ1) is 7.99. The Hall–Kier alpha value is -1.00. The molecule has 17 heavy (non-hydrogen) atoms. The maximum atomic E-state index is 5.24. The van der Waals surface area contributed by atoms with Crippen molar-refractivity contribution in [1.29, 1.82) is 0 Å². The Kier molecular flexibility index (Phi) is 3.19. The molecule has 1 aromatic rings. The van der Waals surface area contributed by atoms with Crippen LogP contribution >= 0.6 is 24.8 Å². The van der Waals surface area contributed by atoms with Crippen molar-refractivity contribution in [3.63, 3.8) is 0 Å². The van der Waals surface area contributed by atoms with Gasteiger partial charge in [0.2, 0.25) is 0 Å². The van der Waals surface area contributed by atoms with Gasteiger partial charge in [0.1, 0.15) is 5.75 Å². The summed E-state index contributed by atoms with van der Waals surface area (Å²) in [5, 5.41) is 5.13. The van der Waals surface area contributed by atoms with Gasteiger partial charge in [0.05, 0.1) is 12.6 Å². The van der Waals surface area contributed by atoms with Crippen LogP contribution < -0.4 is 10.1 Å². The van der Waals surface area contributed by atoms with Gasteiger partial charge >= 0.3 is 0 Å². The first-order valence-corrected chi connectivity index (χ1v) is 6.27. The van der Waals surface area contributed by atoms with E-state index in [1.54, 1.807) is 12.5 Å². The van der Waals surface area contributed by atoms with Crippen LogP contribution in [0.25, 0.3) is 5.57 Å². The minimum Gasteiger partial charge on any atom is -0.497 e. The number of thiocarbonyl (C=S) groups is 1. The van der Waals surface area contributed by atoms with Gasteiger partial charge in [-0.2, -0.15) is 0 Å². The molecule has 4 heteroatoms. The van der Waals surface area contributed by atoms with E-state index in [2.05, 4.69) is 31.8 Å². The van der Waals surface area contributed by atoms with Crippen LogP contribution in [0.15, 0.2) is 23.1 Å². The number of fused-ring (bicyclic) bond motifs is 1. The van der Waals surface area contributed by atoms with Crippen molar-refractivity contribution in [1.82, 2.24) is 0 Å². The highest BCUT2D eigenvalue weighted by atomic mass is 32.1. The van der Waals surface area contributed by atoms with Crippen LogP contribution in [-0.2, 0) is 0 Å². The molecule has 2 nitrogen and oxygen atoms in total. The summed E-state index contributed by atoms with van der Waals surface area (Å²) in [5.74, 6) is 0.820. The molecule has 0 spiro atoms. The van der Waals surface area contributed by atoms with Gasteiger partial charge in [0.25, 0.3) is 0 Å². The maximum Gasteiger partial charge on any atom is 0.119 e. The SMILES string of the molecule is COc1ccc2c(c1)C(C=S)=C(S)C(C)(C)N2. The molecule has 0 aliphatic carbocycles. The third-order valence-corrected chi connectivity index (χ3v) is 3.96. The van der Waals surface area contributed by atoms with Gasteiger partial charge in [0, 0.05) is 27.1 Å². The molecule has 1 aromatic carbocycles. The van der Waals surface area contributed by atoms with Crippen LogP contribution in [0.2, 0.25) is 0 Å². The van der Waals surface area contributed by atoms with Crippen LogP contribution in [0.4, 0.5) is 5.69 Å². The summed E-state index contributed by atoms with van der Waals surface area (Å²) in [6, 6.07) is 5.92. The standard InChI is InChI=1S/C13H15NOS2/c1-13(2)12(17)10(7-16)9-6-8(15-3)4-5-11(9)14-13/h4-7,14,17H,1-3H3. The van der Waals surface area contributed by atoms with Crippen molar-refractivity contribution >= 4 is 41.5 Å². The molecule has 1 aliphatic rings. The van der Waals surface area contributed by atoms with Crippen molar-refractivity contribution in [3.8, 4) is 5.75 Å². The van der Waals surface area contributed by atoms with Gasteiger partial charge in [0.15, 0.2) is 0 Å². The number of hydrogen-bond acceptors (Lipinski definition) is 4. The molecule has 0 unspecified atom stereocenters. The van der Waals surface area contributed by atoms with E-state index >= 15 is 0 Å². The molecule has 1 heterocycles. The third-order valence-electron chi connectivity index (χ3n) is 2.93. The predicted octanol–water partition coefficient (Wildman–Crippen LogP) is 3.54. The Balaban J connectivity index is 2.66. The monoisotopic (exact) mass is 265 g/mol. The van der Waals surface area contributed by atoms with Gasteiger partial charge in [-0.15, -0.1) is 12.6 Å². The molecule has 0 amide bonds. The fourth-order valence-corrected chi connectivity index (χ4v) is 2.53. The lowest BCUT2D eigenvalue weighted by molar-refractivity contribution is 0.414. The molecule has 90 valence electrons. The molecule has 0 radical (unpaired) electrons. The number of thiol groups is 1. The maximum absolute atomic E-state index is 5.24. The number of benzene rings is 1. The van der Waals surface area contributed by atoms with Crippen LogP contribution in [0, 0.1) is 0 Å². The van der Waals surface area contributed by atoms with Crippen molar-refractivity contribution in [2.75, 3.05) is 12.4 Å². The van der Waals surface area contributed by atoms with Crippen LogP contribution in [0.3, 0.4) is 0 Å². The normalized spacial score (nSPS) is 17.2. The van der Waals surface area contributed by atoms with E-state index in [-0.39, 0.29) is 5.54 Å². The Morgan fingerprint density at radius 3 is 2.71 bits per heavy atom. The molecule has 0 saturated heterocycles. The average Bonchev–Trinajstić information content (AvgIpc) is 2.30. The van der Waals surface area contributed by atoms with Crippen LogP contribution in [0.1, 0.15) is 19.4 Å². The zero-order valence-corrected chi connectivity index (χ0v) is 11.8. The second kappa shape index (κ2) is 4.35.